The first-order chi connectivity index (χ1) is 27.0. The molecule has 4 amide bonds. The number of aliphatic hydroxyl groups excluding tert-OH is 2. The van der Waals surface area contributed by atoms with Crippen LogP contribution >= 0.6 is 0 Å². The van der Waals surface area contributed by atoms with Gasteiger partial charge in [-0.1, -0.05) is 52.0 Å². The highest BCUT2D eigenvalue weighted by atomic mass is 16.3. The molecule has 0 aromatic carbocycles. The maximum absolute atomic E-state index is 12.9. The zero-order valence-corrected chi connectivity index (χ0v) is 33.4. The van der Waals surface area contributed by atoms with Crippen molar-refractivity contribution >= 4 is 35.8 Å². The van der Waals surface area contributed by atoms with E-state index in [0.717, 1.165) is 24.2 Å². The molecule has 4 aliphatic heterocycles. The Bertz CT molecular complexity index is 1830. The normalized spacial score (nSPS) is 25.8. The Hall–Kier alpha value is -4.82. The minimum Gasteiger partial charge on any atom is -0.396 e. The summed E-state index contributed by atoms with van der Waals surface area (Å²) in [5.41, 5.74) is 2.48. The minimum atomic E-state index is -0.710. The van der Waals surface area contributed by atoms with Crippen molar-refractivity contribution in [3.63, 3.8) is 0 Å². The number of amides is 4. The van der Waals surface area contributed by atoms with Crippen molar-refractivity contribution in [1.82, 2.24) is 29.6 Å². The van der Waals surface area contributed by atoms with Gasteiger partial charge < -0.3 is 39.8 Å². The van der Waals surface area contributed by atoms with Crippen molar-refractivity contribution in [3.05, 3.63) is 79.6 Å². The van der Waals surface area contributed by atoms with E-state index < -0.39 is 23.9 Å². The second kappa shape index (κ2) is 18.4. The Kier molecular flexibility index (Phi) is 13.9. The highest BCUT2D eigenvalue weighted by Crippen LogP contribution is 2.50. The molecule has 56 heavy (non-hydrogen) atoms. The van der Waals surface area contributed by atoms with Crippen LogP contribution < -0.4 is 21.8 Å². The molecular formula is C42H58N6O8. The molecule has 2 saturated heterocycles. The van der Waals surface area contributed by atoms with Gasteiger partial charge in [-0.05, 0) is 51.0 Å². The van der Waals surface area contributed by atoms with Crippen LogP contribution in [0.25, 0.3) is 12.2 Å². The Balaban J connectivity index is 0.000000214. The average molecular weight is 775 g/mol. The topological polar surface area (TPSA) is 183 Å². The lowest BCUT2D eigenvalue weighted by Gasteiger charge is -2.30. The number of carbonyl (C=O) groups is 4. The Labute approximate surface area is 328 Å². The minimum absolute atomic E-state index is 0.0995. The summed E-state index contributed by atoms with van der Waals surface area (Å²) in [7, 11) is 0. The number of aromatic nitrogens is 2. The van der Waals surface area contributed by atoms with Gasteiger partial charge in [0.1, 0.15) is 12.1 Å². The molecule has 6 heterocycles. The standard InChI is InChI=1S/2C21H29N3O4/c2*1-4-7-13-8-9-16-18-14(11-23(16)21(13)28)15(12-25)19(20(27)22-10-5-2)24(18)17(26)6-3/h2*4,7-9,14-15,18-19,25H,5-6,10-12H2,1-3H3,(H,22,27)/b7-4+;7-4-/t2*14-,15-,18+,19-/m11/s1. The predicted molar refractivity (Wildman–Crippen MR) is 213 cm³/mol. The fourth-order valence-corrected chi connectivity index (χ4v) is 9.25. The summed E-state index contributed by atoms with van der Waals surface area (Å²) in [6.45, 7) is 12.6. The zero-order chi connectivity index (χ0) is 40.8. The Morgan fingerprint density at radius 1 is 0.661 bits per heavy atom. The van der Waals surface area contributed by atoms with Crippen LogP contribution in [-0.4, -0.2) is 91.2 Å². The lowest BCUT2D eigenvalue weighted by atomic mass is 9.88. The van der Waals surface area contributed by atoms with Crippen LogP contribution in [0.4, 0.5) is 0 Å². The van der Waals surface area contributed by atoms with Gasteiger partial charge in [0.2, 0.25) is 23.6 Å². The van der Waals surface area contributed by atoms with E-state index in [0.29, 0.717) is 37.3 Å². The number of hydrogen-bond donors (Lipinski definition) is 4. The third kappa shape index (κ3) is 7.52. The molecule has 2 fully saturated rings. The van der Waals surface area contributed by atoms with Crippen LogP contribution in [-0.2, 0) is 32.3 Å². The van der Waals surface area contributed by atoms with Crippen LogP contribution in [0.1, 0.15) is 102 Å². The van der Waals surface area contributed by atoms with E-state index in [1.165, 1.54) is 0 Å². The highest BCUT2D eigenvalue weighted by molar-refractivity contribution is 5.90. The number of likely N-dealkylation sites (tertiary alicyclic amines) is 2. The van der Waals surface area contributed by atoms with E-state index in [9.17, 15) is 39.0 Å². The van der Waals surface area contributed by atoms with Gasteiger partial charge in [-0.2, -0.15) is 0 Å². The molecule has 0 saturated carbocycles. The van der Waals surface area contributed by atoms with Gasteiger partial charge in [0.05, 0.1) is 12.1 Å². The summed E-state index contributed by atoms with van der Waals surface area (Å²) in [6, 6.07) is 5.13. The number of aliphatic hydroxyl groups is 2. The summed E-state index contributed by atoms with van der Waals surface area (Å²) < 4.78 is 3.40. The molecule has 14 nitrogen and oxygen atoms in total. The molecule has 8 atom stereocenters. The molecule has 2 aromatic rings. The van der Waals surface area contributed by atoms with Gasteiger partial charge in [0, 0.05) is 98.4 Å². The first-order valence-electron chi connectivity index (χ1n) is 20.1. The third-order valence-corrected chi connectivity index (χ3v) is 11.7. The highest BCUT2D eigenvalue weighted by Gasteiger charge is 2.58. The van der Waals surface area contributed by atoms with Gasteiger partial charge in [-0.3, -0.25) is 28.8 Å². The summed E-state index contributed by atoms with van der Waals surface area (Å²) >= 11 is 0. The molecule has 0 bridgehead atoms. The fourth-order valence-electron chi connectivity index (χ4n) is 9.25. The molecule has 4 aliphatic rings. The zero-order valence-electron chi connectivity index (χ0n) is 33.4. The van der Waals surface area contributed by atoms with Gasteiger partial charge in [0.15, 0.2) is 0 Å². The number of nitrogens with one attached hydrogen (secondary N) is 2. The maximum atomic E-state index is 12.9. The van der Waals surface area contributed by atoms with E-state index in [1.807, 2.05) is 52.0 Å². The van der Waals surface area contributed by atoms with E-state index in [4.69, 9.17) is 0 Å². The lowest BCUT2D eigenvalue weighted by Crippen LogP contribution is -2.50. The van der Waals surface area contributed by atoms with Gasteiger partial charge >= 0.3 is 0 Å². The molecule has 6 rings (SSSR count). The first kappa shape index (κ1) is 42.3. The lowest BCUT2D eigenvalue weighted by molar-refractivity contribution is -0.141. The van der Waals surface area contributed by atoms with Gasteiger partial charge in [-0.15, -0.1) is 0 Å². The summed E-state index contributed by atoms with van der Waals surface area (Å²) in [4.78, 5) is 80.3. The number of nitrogens with zero attached hydrogens (tertiary/aromatic N) is 4. The smallest absolute Gasteiger partial charge is 0.258 e. The third-order valence-electron chi connectivity index (χ3n) is 11.7. The fraction of sp³-hybridized carbons (Fsp3) is 0.571. The molecule has 0 unspecified atom stereocenters. The van der Waals surface area contributed by atoms with E-state index in [1.54, 1.807) is 57.1 Å². The largest absolute Gasteiger partial charge is 0.396 e. The van der Waals surface area contributed by atoms with Crippen LogP contribution in [0.5, 0.6) is 0 Å². The van der Waals surface area contributed by atoms with Crippen LogP contribution in [0.3, 0.4) is 0 Å². The maximum Gasteiger partial charge on any atom is 0.258 e. The van der Waals surface area contributed by atoms with Crippen molar-refractivity contribution in [2.45, 2.75) is 104 Å². The first-order valence-corrected chi connectivity index (χ1v) is 20.1. The average Bonchev–Trinajstić information content (AvgIpc) is 3.94. The number of carbonyl (C=O) groups excluding carboxylic acids is 4. The molecule has 0 radical (unpaired) electrons. The van der Waals surface area contributed by atoms with Crippen molar-refractivity contribution in [2.24, 2.45) is 23.7 Å². The number of allylic oxidation sites excluding steroid dienone is 2. The summed E-state index contributed by atoms with van der Waals surface area (Å²) in [5.74, 6) is -1.85. The van der Waals surface area contributed by atoms with E-state index in [-0.39, 0.29) is 84.7 Å². The molecule has 2 aromatic heterocycles. The molecule has 304 valence electrons. The van der Waals surface area contributed by atoms with Crippen LogP contribution in [0.2, 0.25) is 0 Å². The molecule has 4 N–H and O–H groups in total. The second-order valence-corrected chi connectivity index (χ2v) is 14.9. The molecular weight excluding hydrogens is 716 g/mol. The Morgan fingerprint density at radius 2 is 1.04 bits per heavy atom. The van der Waals surface area contributed by atoms with Gasteiger partial charge in [0.25, 0.3) is 11.1 Å². The van der Waals surface area contributed by atoms with Crippen molar-refractivity contribution in [1.29, 1.82) is 0 Å². The number of pyridine rings is 2. The van der Waals surface area contributed by atoms with E-state index in [2.05, 4.69) is 10.6 Å². The number of rotatable bonds is 12. The van der Waals surface area contributed by atoms with Gasteiger partial charge in [-0.25, -0.2) is 0 Å². The monoisotopic (exact) mass is 774 g/mol. The SMILES string of the molecule is C/C=C/c1ccc2n(c1=O)C[C@@H]1[C@@H](CO)[C@H](C(=O)NCCC)N(C(=O)CC)[C@H]21.C/C=C\c1ccc2n(c1=O)C[C@@H]1[C@@H](CO)[C@H](C(=O)NCCC)N(C(=O)CC)[C@H]21. The van der Waals surface area contributed by atoms with Crippen molar-refractivity contribution in [3.8, 4) is 0 Å². The summed E-state index contributed by atoms with van der Waals surface area (Å²) in [6.07, 6.45) is 9.28. The molecule has 14 heteroatoms. The quantitative estimate of drug-likeness (QED) is 0.254. The van der Waals surface area contributed by atoms with Crippen LogP contribution in [0, 0.1) is 23.7 Å². The Morgan fingerprint density at radius 3 is 1.34 bits per heavy atom. The number of fused-ring (bicyclic) bond motifs is 6. The second-order valence-electron chi connectivity index (χ2n) is 14.9. The molecule has 0 spiro atoms. The van der Waals surface area contributed by atoms with Crippen molar-refractivity contribution < 1.29 is 29.4 Å². The van der Waals surface area contributed by atoms with E-state index >= 15 is 0 Å². The van der Waals surface area contributed by atoms with Crippen LogP contribution in [0.15, 0.2) is 46.0 Å². The predicted octanol–water partition coefficient (Wildman–Crippen LogP) is 2.62. The number of hydrogen-bond acceptors (Lipinski definition) is 8. The summed E-state index contributed by atoms with van der Waals surface area (Å²) in [5, 5.41) is 26.0. The van der Waals surface area contributed by atoms with Crippen molar-refractivity contribution in [2.75, 3.05) is 26.3 Å². The molecule has 0 aliphatic carbocycles.